The molecule has 0 radical (unpaired) electrons. The zero-order chi connectivity index (χ0) is 19.4. The van der Waals surface area contributed by atoms with Crippen molar-refractivity contribution in [2.45, 2.75) is 32.1 Å². The number of hydrogen-bond acceptors (Lipinski definition) is 4. The Morgan fingerprint density at radius 3 is 2.46 bits per heavy atom. The number of morpholine rings is 1. The van der Waals surface area contributed by atoms with Gasteiger partial charge in [-0.15, -0.1) is 0 Å². The Balaban J connectivity index is 1.35. The van der Waals surface area contributed by atoms with Gasteiger partial charge in [-0.25, -0.2) is 0 Å². The van der Waals surface area contributed by atoms with Crippen LogP contribution in [0, 0.1) is 5.41 Å². The topological polar surface area (TPSA) is 36.0 Å². The third-order valence-corrected chi connectivity index (χ3v) is 7.07. The lowest BCUT2D eigenvalue weighted by Crippen LogP contribution is -2.53. The molecule has 1 aromatic rings. The fourth-order valence-electron chi connectivity index (χ4n) is 5.34. The quantitative estimate of drug-likeness (QED) is 0.798. The highest BCUT2D eigenvalue weighted by molar-refractivity contribution is 5.78. The fourth-order valence-corrected chi connectivity index (χ4v) is 5.34. The summed E-state index contributed by atoms with van der Waals surface area (Å²) in [5, 5.41) is 0. The van der Waals surface area contributed by atoms with Crippen molar-refractivity contribution in [3.8, 4) is 0 Å². The Labute approximate surface area is 169 Å². The first kappa shape index (κ1) is 19.9. The molecular formula is C23H35N3O2. The van der Waals surface area contributed by atoms with Gasteiger partial charge in [0, 0.05) is 26.2 Å². The Kier molecular flexibility index (Phi) is 6.34. The van der Waals surface area contributed by atoms with Crippen LogP contribution in [0.3, 0.4) is 0 Å². The van der Waals surface area contributed by atoms with Gasteiger partial charge in [-0.05, 0) is 55.8 Å². The van der Waals surface area contributed by atoms with Gasteiger partial charge >= 0.3 is 0 Å². The second kappa shape index (κ2) is 8.93. The zero-order valence-electron chi connectivity index (χ0n) is 17.3. The number of rotatable bonds is 4. The summed E-state index contributed by atoms with van der Waals surface area (Å²) in [6, 6.07) is 11.1. The van der Waals surface area contributed by atoms with Crippen molar-refractivity contribution in [1.29, 1.82) is 0 Å². The SMILES string of the molecule is CCN1C[C@@H](c2ccccc2)CC2(CCN(CC(=O)N3CCOCC3)CC2)C1. The molecule has 3 saturated heterocycles. The molecule has 0 unspecified atom stereocenters. The number of ether oxygens (including phenoxy) is 1. The van der Waals surface area contributed by atoms with E-state index in [1.165, 1.54) is 37.9 Å². The maximum Gasteiger partial charge on any atom is 0.236 e. The number of amides is 1. The van der Waals surface area contributed by atoms with Gasteiger partial charge in [0.2, 0.25) is 5.91 Å². The summed E-state index contributed by atoms with van der Waals surface area (Å²) in [4.78, 5) is 19.6. The molecule has 3 fully saturated rings. The molecule has 0 saturated carbocycles. The summed E-state index contributed by atoms with van der Waals surface area (Å²) in [5.74, 6) is 0.914. The van der Waals surface area contributed by atoms with Gasteiger partial charge in [0.05, 0.1) is 19.8 Å². The fraction of sp³-hybridized carbons (Fsp3) is 0.696. The first-order valence-electron chi connectivity index (χ1n) is 11.0. The summed E-state index contributed by atoms with van der Waals surface area (Å²) in [6.07, 6.45) is 3.71. The molecule has 1 amide bonds. The van der Waals surface area contributed by atoms with E-state index in [-0.39, 0.29) is 5.91 Å². The van der Waals surface area contributed by atoms with Gasteiger partial charge in [-0.3, -0.25) is 9.69 Å². The van der Waals surface area contributed by atoms with Crippen LogP contribution in [0.4, 0.5) is 0 Å². The standard InChI is InChI=1S/C23H35N3O2/c1-2-24-17-21(20-6-4-3-5-7-20)16-23(19-24)8-10-25(11-9-23)18-22(27)26-12-14-28-15-13-26/h3-7,21H,2,8-19H2,1H3/t21-/m0/s1. The molecule has 1 atom stereocenters. The average Bonchev–Trinajstić information content (AvgIpc) is 2.76. The van der Waals surface area contributed by atoms with Crippen LogP contribution in [0.2, 0.25) is 0 Å². The molecule has 0 bridgehead atoms. The number of piperidine rings is 2. The van der Waals surface area contributed by atoms with Gasteiger partial charge in [0.1, 0.15) is 0 Å². The van der Waals surface area contributed by atoms with Gasteiger partial charge in [-0.2, -0.15) is 0 Å². The third kappa shape index (κ3) is 4.58. The number of carbonyl (C=O) groups excluding carboxylic acids is 1. The van der Waals surface area contributed by atoms with E-state index in [4.69, 9.17) is 4.74 Å². The lowest BCUT2D eigenvalue weighted by molar-refractivity contribution is -0.137. The normalized spacial score (nSPS) is 26.5. The van der Waals surface area contributed by atoms with Crippen LogP contribution in [0.1, 0.15) is 37.7 Å². The minimum absolute atomic E-state index is 0.278. The van der Waals surface area contributed by atoms with Crippen LogP contribution in [-0.4, -0.2) is 86.2 Å². The van der Waals surface area contributed by atoms with E-state index in [0.29, 0.717) is 31.1 Å². The summed E-state index contributed by atoms with van der Waals surface area (Å²) < 4.78 is 5.37. The molecule has 5 heteroatoms. The van der Waals surface area contributed by atoms with Crippen molar-refractivity contribution in [1.82, 2.24) is 14.7 Å². The van der Waals surface area contributed by atoms with Crippen LogP contribution < -0.4 is 0 Å². The molecule has 1 aromatic carbocycles. The molecule has 3 aliphatic rings. The molecule has 1 spiro atoms. The maximum atomic E-state index is 12.6. The minimum atomic E-state index is 0.278. The zero-order valence-corrected chi connectivity index (χ0v) is 17.3. The second-order valence-electron chi connectivity index (χ2n) is 8.91. The molecule has 28 heavy (non-hydrogen) atoms. The Hall–Kier alpha value is -1.43. The van der Waals surface area contributed by atoms with Gasteiger partial charge in [0.15, 0.2) is 0 Å². The van der Waals surface area contributed by atoms with Crippen molar-refractivity contribution in [3.05, 3.63) is 35.9 Å². The van der Waals surface area contributed by atoms with E-state index in [2.05, 4.69) is 47.1 Å². The lowest BCUT2D eigenvalue weighted by Gasteiger charge is -2.50. The van der Waals surface area contributed by atoms with Crippen LogP contribution in [-0.2, 0) is 9.53 Å². The molecule has 3 heterocycles. The van der Waals surface area contributed by atoms with E-state index in [1.54, 1.807) is 0 Å². The van der Waals surface area contributed by atoms with E-state index < -0.39 is 0 Å². The smallest absolute Gasteiger partial charge is 0.236 e. The Bertz CT molecular complexity index is 637. The molecule has 4 rings (SSSR count). The first-order chi connectivity index (χ1) is 13.7. The van der Waals surface area contributed by atoms with Gasteiger partial charge in [-0.1, -0.05) is 37.3 Å². The number of hydrogen-bond donors (Lipinski definition) is 0. The van der Waals surface area contributed by atoms with Crippen LogP contribution in [0.15, 0.2) is 30.3 Å². The monoisotopic (exact) mass is 385 g/mol. The van der Waals surface area contributed by atoms with Crippen LogP contribution in [0.25, 0.3) is 0 Å². The van der Waals surface area contributed by atoms with Crippen molar-refractivity contribution in [3.63, 3.8) is 0 Å². The molecule has 0 N–H and O–H groups in total. The Morgan fingerprint density at radius 1 is 1.07 bits per heavy atom. The first-order valence-corrected chi connectivity index (χ1v) is 11.0. The molecular weight excluding hydrogens is 350 g/mol. The highest BCUT2D eigenvalue weighted by Crippen LogP contribution is 2.44. The van der Waals surface area contributed by atoms with Crippen LogP contribution >= 0.6 is 0 Å². The number of carbonyl (C=O) groups is 1. The number of likely N-dealkylation sites (tertiary alicyclic amines) is 2. The number of nitrogens with zero attached hydrogens (tertiary/aromatic N) is 3. The van der Waals surface area contributed by atoms with E-state index in [0.717, 1.165) is 32.7 Å². The summed E-state index contributed by atoms with van der Waals surface area (Å²) >= 11 is 0. The largest absolute Gasteiger partial charge is 0.378 e. The Morgan fingerprint density at radius 2 is 1.79 bits per heavy atom. The summed E-state index contributed by atoms with van der Waals surface area (Å²) in [6.45, 7) is 11.4. The molecule has 5 nitrogen and oxygen atoms in total. The summed E-state index contributed by atoms with van der Waals surface area (Å²) in [7, 11) is 0. The van der Waals surface area contributed by atoms with Gasteiger partial charge in [0.25, 0.3) is 0 Å². The lowest BCUT2D eigenvalue weighted by atomic mass is 9.68. The van der Waals surface area contributed by atoms with Crippen molar-refractivity contribution < 1.29 is 9.53 Å². The third-order valence-electron chi connectivity index (χ3n) is 7.07. The van der Waals surface area contributed by atoms with Crippen molar-refractivity contribution in [2.24, 2.45) is 5.41 Å². The van der Waals surface area contributed by atoms with Crippen molar-refractivity contribution in [2.75, 3.05) is 65.6 Å². The highest BCUT2D eigenvalue weighted by Gasteiger charge is 2.42. The van der Waals surface area contributed by atoms with Crippen LogP contribution in [0.5, 0.6) is 0 Å². The molecule has 3 aliphatic heterocycles. The average molecular weight is 386 g/mol. The number of likely N-dealkylation sites (N-methyl/N-ethyl adjacent to an activating group) is 1. The predicted molar refractivity (Wildman–Crippen MR) is 111 cm³/mol. The molecule has 0 aliphatic carbocycles. The molecule has 154 valence electrons. The number of benzene rings is 1. The van der Waals surface area contributed by atoms with Gasteiger partial charge < -0.3 is 14.5 Å². The second-order valence-corrected chi connectivity index (χ2v) is 8.91. The van der Waals surface area contributed by atoms with E-state index in [9.17, 15) is 4.79 Å². The minimum Gasteiger partial charge on any atom is -0.378 e. The molecule has 0 aromatic heterocycles. The predicted octanol–water partition coefficient (Wildman–Crippen LogP) is 2.44. The van der Waals surface area contributed by atoms with E-state index >= 15 is 0 Å². The highest BCUT2D eigenvalue weighted by atomic mass is 16.5. The van der Waals surface area contributed by atoms with E-state index in [1.807, 2.05) is 4.90 Å². The van der Waals surface area contributed by atoms with Crippen molar-refractivity contribution >= 4 is 5.91 Å². The summed E-state index contributed by atoms with van der Waals surface area (Å²) in [5.41, 5.74) is 1.90. The maximum absolute atomic E-state index is 12.6.